The minimum Gasteiger partial charge on any atom is -0.465 e. The second kappa shape index (κ2) is 9.91. The molecule has 2 heterocycles. The van der Waals surface area contributed by atoms with Crippen molar-refractivity contribution in [3.05, 3.63) is 0 Å². The number of hydrogen-bond acceptors (Lipinski definition) is 4. The molecule has 1 aliphatic carbocycles. The molecule has 0 bridgehead atoms. The monoisotopic (exact) mass is 352 g/mol. The summed E-state index contributed by atoms with van der Waals surface area (Å²) in [5.74, 6) is -0.0734. The number of carbonyl (C=O) groups excluding carboxylic acids is 1. The van der Waals surface area contributed by atoms with Gasteiger partial charge < -0.3 is 14.2 Å². The summed E-state index contributed by atoms with van der Waals surface area (Å²) in [6.07, 6.45) is 16.5. The smallest absolute Gasteiger partial charge is 0.311 e. The lowest BCUT2D eigenvalue weighted by molar-refractivity contribution is -0.149. The van der Waals surface area contributed by atoms with Crippen LogP contribution in [0.15, 0.2) is 0 Å². The Morgan fingerprint density at radius 2 is 1.60 bits per heavy atom. The lowest BCUT2D eigenvalue weighted by Crippen LogP contribution is -2.25. The molecule has 2 aliphatic heterocycles. The third kappa shape index (κ3) is 6.25. The van der Waals surface area contributed by atoms with E-state index in [2.05, 4.69) is 6.92 Å². The standard InChI is InChI=1S/C21H36O4/c1-2-3-12-17-18(24-17)14-15-23-21(22)16-11-9-7-5-4-6-8-10-13-19-20(16)25-19/h16-20H,2-15H2,1H3. The van der Waals surface area contributed by atoms with Gasteiger partial charge in [-0.05, 0) is 19.3 Å². The van der Waals surface area contributed by atoms with E-state index in [0.29, 0.717) is 24.9 Å². The number of unbranched alkanes of at least 4 members (excludes halogenated alkanes) is 1. The summed E-state index contributed by atoms with van der Waals surface area (Å²) < 4.78 is 17.1. The second-order valence-corrected chi connectivity index (χ2v) is 8.11. The normalized spacial score (nSPS) is 35.8. The number of carbonyl (C=O) groups is 1. The fourth-order valence-electron chi connectivity index (χ4n) is 4.23. The van der Waals surface area contributed by atoms with E-state index >= 15 is 0 Å². The van der Waals surface area contributed by atoms with Crippen molar-refractivity contribution < 1.29 is 19.0 Å². The van der Waals surface area contributed by atoms with Crippen LogP contribution in [0.5, 0.6) is 0 Å². The van der Waals surface area contributed by atoms with E-state index in [4.69, 9.17) is 14.2 Å². The SMILES string of the molecule is CCCCC1OC1CCOC(=O)C1CCCCCCCCCC2OC21. The summed E-state index contributed by atoms with van der Waals surface area (Å²) in [6, 6.07) is 0. The van der Waals surface area contributed by atoms with Crippen LogP contribution in [0.25, 0.3) is 0 Å². The Balaban J connectivity index is 1.37. The van der Waals surface area contributed by atoms with Crippen molar-refractivity contribution in [2.45, 2.75) is 115 Å². The van der Waals surface area contributed by atoms with E-state index < -0.39 is 0 Å². The molecular formula is C21H36O4. The third-order valence-electron chi connectivity index (χ3n) is 6.00. The number of esters is 1. The Hall–Kier alpha value is -0.610. The second-order valence-electron chi connectivity index (χ2n) is 8.11. The van der Waals surface area contributed by atoms with Crippen LogP contribution < -0.4 is 0 Å². The Bertz CT molecular complexity index is 411. The molecule has 1 saturated carbocycles. The maximum Gasteiger partial charge on any atom is 0.311 e. The molecule has 3 fully saturated rings. The van der Waals surface area contributed by atoms with E-state index in [9.17, 15) is 4.79 Å². The van der Waals surface area contributed by atoms with Crippen molar-refractivity contribution in [1.82, 2.24) is 0 Å². The van der Waals surface area contributed by atoms with Crippen LogP contribution >= 0.6 is 0 Å². The molecular weight excluding hydrogens is 316 g/mol. The highest BCUT2D eigenvalue weighted by atomic mass is 16.6. The van der Waals surface area contributed by atoms with E-state index in [1.165, 1.54) is 51.4 Å². The van der Waals surface area contributed by atoms with Crippen molar-refractivity contribution in [2.75, 3.05) is 6.61 Å². The molecule has 2 saturated heterocycles. The third-order valence-corrected chi connectivity index (χ3v) is 6.00. The largest absolute Gasteiger partial charge is 0.465 e. The maximum atomic E-state index is 12.6. The van der Waals surface area contributed by atoms with Gasteiger partial charge in [-0.2, -0.15) is 0 Å². The number of rotatable bonds is 7. The summed E-state index contributed by atoms with van der Waals surface area (Å²) in [4.78, 5) is 12.6. The molecule has 3 aliphatic rings. The zero-order valence-corrected chi connectivity index (χ0v) is 15.9. The fraction of sp³-hybridized carbons (Fsp3) is 0.952. The van der Waals surface area contributed by atoms with Gasteiger partial charge >= 0.3 is 5.97 Å². The predicted molar refractivity (Wildman–Crippen MR) is 97.5 cm³/mol. The van der Waals surface area contributed by atoms with Crippen molar-refractivity contribution in [2.24, 2.45) is 5.92 Å². The van der Waals surface area contributed by atoms with Gasteiger partial charge in [0.1, 0.15) is 0 Å². The topological polar surface area (TPSA) is 51.4 Å². The van der Waals surface area contributed by atoms with Gasteiger partial charge in [0.15, 0.2) is 0 Å². The highest BCUT2D eigenvalue weighted by Gasteiger charge is 2.47. The lowest BCUT2D eigenvalue weighted by Gasteiger charge is -2.15. The molecule has 3 rings (SSSR count). The number of hydrogen-bond donors (Lipinski definition) is 0. The van der Waals surface area contributed by atoms with E-state index in [-0.39, 0.29) is 18.0 Å². The Morgan fingerprint density at radius 3 is 2.36 bits per heavy atom. The molecule has 0 aromatic carbocycles. The molecule has 4 heteroatoms. The molecule has 4 nitrogen and oxygen atoms in total. The molecule has 5 unspecified atom stereocenters. The van der Waals surface area contributed by atoms with Crippen molar-refractivity contribution >= 4 is 5.97 Å². The maximum absolute atomic E-state index is 12.6. The molecule has 0 amide bonds. The summed E-state index contributed by atoms with van der Waals surface area (Å²) >= 11 is 0. The van der Waals surface area contributed by atoms with Crippen LogP contribution in [0.3, 0.4) is 0 Å². The van der Waals surface area contributed by atoms with Crippen molar-refractivity contribution in [1.29, 1.82) is 0 Å². The van der Waals surface area contributed by atoms with Gasteiger partial charge in [-0.1, -0.05) is 64.7 Å². The van der Waals surface area contributed by atoms with E-state index in [1.54, 1.807) is 0 Å². The van der Waals surface area contributed by atoms with Crippen molar-refractivity contribution in [3.8, 4) is 0 Å². The quantitative estimate of drug-likeness (QED) is 0.488. The van der Waals surface area contributed by atoms with Gasteiger partial charge in [-0.25, -0.2) is 0 Å². The molecule has 5 atom stereocenters. The molecule has 0 spiro atoms. The Kier molecular flexibility index (Phi) is 7.60. The fourth-order valence-corrected chi connectivity index (χ4v) is 4.23. The van der Waals surface area contributed by atoms with Gasteiger partial charge in [0.05, 0.1) is 36.9 Å². The molecule has 0 N–H and O–H groups in total. The molecule has 144 valence electrons. The number of ether oxygens (including phenoxy) is 3. The minimum absolute atomic E-state index is 0.0321. The lowest BCUT2D eigenvalue weighted by atomic mass is 9.93. The minimum atomic E-state index is -0.0413. The molecule has 0 aromatic heterocycles. The Labute approximate surface area is 153 Å². The van der Waals surface area contributed by atoms with Gasteiger partial charge in [-0.3, -0.25) is 4.79 Å². The highest BCUT2D eigenvalue weighted by Crippen LogP contribution is 2.37. The van der Waals surface area contributed by atoms with Gasteiger partial charge in [0, 0.05) is 6.42 Å². The van der Waals surface area contributed by atoms with Gasteiger partial charge in [-0.15, -0.1) is 0 Å². The number of epoxide rings is 2. The zero-order chi connectivity index (χ0) is 17.5. The van der Waals surface area contributed by atoms with Gasteiger partial charge in [0.2, 0.25) is 0 Å². The van der Waals surface area contributed by atoms with Crippen LogP contribution in [-0.4, -0.2) is 37.0 Å². The first-order chi connectivity index (χ1) is 12.3. The van der Waals surface area contributed by atoms with Crippen LogP contribution in [-0.2, 0) is 19.0 Å². The zero-order valence-electron chi connectivity index (χ0n) is 15.9. The Morgan fingerprint density at radius 1 is 0.920 bits per heavy atom. The first kappa shape index (κ1) is 19.2. The summed E-state index contributed by atoms with van der Waals surface area (Å²) in [5, 5.41) is 0. The van der Waals surface area contributed by atoms with Crippen LogP contribution in [0.4, 0.5) is 0 Å². The van der Waals surface area contributed by atoms with Crippen LogP contribution in [0.2, 0.25) is 0 Å². The molecule has 0 radical (unpaired) electrons. The first-order valence-corrected chi connectivity index (χ1v) is 10.8. The average Bonchev–Trinajstić information content (AvgIpc) is 3.50. The van der Waals surface area contributed by atoms with Gasteiger partial charge in [0.25, 0.3) is 0 Å². The van der Waals surface area contributed by atoms with Crippen LogP contribution in [0.1, 0.15) is 90.4 Å². The van der Waals surface area contributed by atoms with Crippen LogP contribution in [0, 0.1) is 5.92 Å². The highest BCUT2D eigenvalue weighted by molar-refractivity contribution is 5.73. The first-order valence-electron chi connectivity index (χ1n) is 10.8. The summed E-state index contributed by atoms with van der Waals surface area (Å²) in [6.45, 7) is 2.70. The predicted octanol–water partition coefficient (Wildman–Crippen LogP) is 4.79. The summed E-state index contributed by atoms with van der Waals surface area (Å²) in [5.41, 5.74) is 0. The van der Waals surface area contributed by atoms with E-state index in [0.717, 1.165) is 32.1 Å². The average molecular weight is 353 g/mol. The summed E-state index contributed by atoms with van der Waals surface area (Å²) in [7, 11) is 0. The number of fused-ring (bicyclic) bond motifs is 1. The van der Waals surface area contributed by atoms with E-state index in [1.807, 2.05) is 0 Å². The van der Waals surface area contributed by atoms with Crippen molar-refractivity contribution in [3.63, 3.8) is 0 Å². The molecule has 25 heavy (non-hydrogen) atoms. The molecule has 0 aromatic rings.